The van der Waals surface area contributed by atoms with E-state index in [1.165, 1.54) is 0 Å². The first-order valence-electron chi connectivity index (χ1n) is 8.82. The van der Waals surface area contributed by atoms with Crippen molar-refractivity contribution >= 4 is 11.6 Å². The molecule has 3 fully saturated rings. The third kappa shape index (κ3) is 1.15. The van der Waals surface area contributed by atoms with Crippen molar-refractivity contribution < 1.29 is 19.1 Å². The maximum Gasteiger partial charge on any atom is 0.155 e. The molecule has 24 heavy (non-hydrogen) atoms. The van der Waals surface area contributed by atoms with E-state index in [0.717, 1.165) is 5.57 Å². The number of epoxide rings is 2. The third-order valence-electron chi connectivity index (χ3n) is 7.70. The van der Waals surface area contributed by atoms with Crippen LogP contribution >= 0.6 is 0 Å². The number of ether oxygens (including phenoxy) is 2. The second kappa shape index (κ2) is 3.49. The van der Waals surface area contributed by atoms with Crippen LogP contribution in [0.3, 0.4) is 0 Å². The molecule has 3 aliphatic carbocycles. The van der Waals surface area contributed by atoms with Gasteiger partial charge in [0.15, 0.2) is 5.78 Å². The minimum Gasteiger partial charge on any atom is -0.362 e. The van der Waals surface area contributed by atoms with Crippen LogP contribution in [0.1, 0.15) is 41.5 Å². The van der Waals surface area contributed by atoms with Gasteiger partial charge in [-0.2, -0.15) is 0 Å². The molecule has 2 saturated heterocycles. The molecule has 2 bridgehead atoms. The van der Waals surface area contributed by atoms with Gasteiger partial charge in [0.25, 0.3) is 0 Å². The van der Waals surface area contributed by atoms with E-state index in [1.807, 2.05) is 6.08 Å². The van der Waals surface area contributed by atoms with Crippen LogP contribution in [-0.4, -0.2) is 34.0 Å². The molecule has 0 N–H and O–H groups in total. The molecule has 0 aromatic rings. The van der Waals surface area contributed by atoms with Crippen molar-refractivity contribution in [3.05, 3.63) is 23.8 Å². The Balaban J connectivity index is 1.77. The number of ketones is 2. The summed E-state index contributed by atoms with van der Waals surface area (Å²) in [5, 5.41) is 0. The fraction of sp³-hybridized carbons (Fsp3) is 0.700. The van der Waals surface area contributed by atoms with Gasteiger partial charge in [-0.05, 0) is 47.1 Å². The van der Waals surface area contributed by atoms with Gasteiger partial charge in [-0.15, -0.1) is 0 Å². The van der Waals surface area contributed by atoms with Gasteiger partial charge < -0.3 is 9.47 Å². The highest BCUT2D eigenvalue weighted by atomic mass is 16.6. The highest BCUT2D eigenvalue weighted by Gasteiger charge is 2.91. The van der Waals surface area contributed by atoms with Gasteiger partial charge in [0, 0.05) is 17.8 Å². The van der Waals surface area contributed by atoms with Crippen LogP contribution in [0.2, 0.25) is 0 Å². The Morgan fingerprint density at radius 2 is 1.58 bits per heavy atom. The highest BCUT2D eigenvalue weighted by Crippen LogP contribution is 2.82. The summed E-state index contributed by atoms with van der Waals surface area (Å²) in [5.74, 6) is 0.0423. The van der Waals surface area contributed by atoms with Gasteiger partial charge in [0.1, 0.15) is 17.0 Å². The normalized spacial score (nSPS) is 53.4. The van der Waals surface area contributed by atoms with Crippen molar-refractivity contribution in [1.29, 1.82) is 0 Å². The number of hydrogen-bond donors (Lipinski definition) is 0. The molecule has 2 aliphatic heterocycles. The van der Waals surface area contributed by atoms with Crippen LogP contribution in [0.5, 0.6) is 0 Å². The zero-order valence-corrected chi connectivity index (χ0v) is 15.1. The van der Waals surface area contributed by atoms with Crippen molar-refractivity contribution in [2.24, 2.45) is 23.2 Å². The van der Waals surface area contributed by atoms with Gasteiger partial charge in [-0.3, -0.25) is 9.59 Å². The molecule has 128 valence electrons. The Kier molecular flexibility index (Phi) is 2.19. The topological polar surface area (TPSA) is 59.2 Å². The van der Waals surface area contributed by atoms with E-state index >= 15 is 0 Å². The molecule has 2 heterocycles. The summed E-state index contributed by atoms with van der Waals surface area (Å²) in [7, 11) is 0. The lowest BCUT2D eigenvalue weighted by atomic mass is 9.62. The van der Waals surface area contributed by atoms with Crippen molar-refractivity contribution in [2.45, 2.75) is 63.9 Å². The van der Waals surface area contributed by atoms with Gasteiger partial charge in [0.2, 0.25) is 0 Å². The van der Waals surface area contributed by atoms with Crippen LogP contribution in [0.25, 0.3) is 0 Å². The summed E-state index contributed by atoms with van der Waals surface area (Å²) in [4.78, 5) is 25.2. The zero-order valence-electron chi connectivity index (χ0n) is 15.1. The number of hydrogen-bond acceptors (Lipinski definition) is 4. The number of carbonyl (C=O) groups is 2. The second-order valence-corrected chi connectivity index (χ2v) is 9.24. The number of rotatable bonds is 2. The van der Waals surface area contributed by atoms with Crippen LogP contribution < -0.4 is 0 Å². The van der Waals surface area contributed by atoms with E-state index in [1.54, 1.807) is 13.8 Å². The van der Waals surface area contributed by atoms with Gasteiger partial charge in [0.05, 0.1) is 16.6 Å². The van der Waals surface area contributed by atoms with Crippen molar-refractivity contribution in [2.75, 3.05) is 0 Å². The fourth-order valence-electron chi connectivity index (χ4n) is 6.63. The number of allylic oxidation sites excluding steroid dienone is 1. The van der Waals surface area contributed by atoms with Gasteiger partial charge >= 0.3 is 0 Å². The molecule has 0 aromatic carbocycles. The zero-order chi connectivity index (χ0) is 17.5. The van der Waals surface area contributed by atoms with Crippen LogP contribution in [0, 0.1) is 23.2 Å². The molecular weight excluding hydrogens is 304 g/mol. The molecule has 6 atom stereocenters. The smallest absolute Gasteiger partial charge is 0.155 e. The number of carbonyl (C=O) groups excluding carboxylic acids is 2. The Bertz CT molecular complexity index is 787. The third-order valence-corrected chi connectivity index (χ3v) is 7.70. The minimum absolute atomic E-state index is 0.0480. The second-order valence-electron chi connectivity index (χ2n) is 9.24. The summed E-state index contributed by atoms with van der Waals surface area (Å²) >= 11 is 0. The molecule has 2 spiro atoms. The van der Waals surface area contributed by atoms with Crippen molar-refractivity contribution in [1.82, 2.24) is 0 Å². The van der Waals surface area contributed by atoms with E-state index < -0.39 is 16.6 Å². The first kappa shape index (κ1) is 15.0. The molecule has 0 amide bonds. The molecule has 4 nitrogen and oxygen atoms in total. The minimum atomic E-state index is -0.606. The molecule has 5 rings (SSSR count). The summed E-state index contributed by atoms with van der Waals surface area (Å²) < 4.78 is 12.5. The molecule has 0 radical (unpaired) electrons. The van der Waals surface area contributed by atoms with Crippen molar-refractivity contribution in [3.8, 4) is 0 Å². The Hall–Kier alpha value is -1.26. The summed E-state index contributed by atoms with van der Waals surface area (Å²) in [5.41, 5.74) is -1.30. The maximum absolute atomic E-state index is 12.9. The largest absolute Gasteiger partial charge is 0.362 e. The lowest BCUT2D eigenvalue weighted by molar-refractivity contribution is -0.128. The van der Waals surface area contributed by atoms with Gasteiger partial charge in [-0.1, -0.05) is 18.2 Å². The van der Waals surface area contributed by atoms with Crippen LogP contribution in [-0.2, 0) is 19.1 Å². The number of fused-ring (bicyclic) bond motifs is 4. The van der Waals surface area contributed by atoms with E-state index in [4.69, 9.17) is 9.47 Å². The molecule has 1 unspecified atom stereocenters. The molecule has 5 aliphatic rings. The van der Waals surface area contributed by atoms with Crippen LogP contribution in [0.15, 0.2) is 23.8 Å². The monoisotopic (exact) mass is 328 g/mol. The summed E-state index contributed by atoms with van der Waals surface area (Å²) in [6.07, 6.45) is 6.21. The quantitative estimate of drug-likeness (QED) is 0.577. The van der Waals surface area contributed by atoms with E-state index in [-0.39, 0.29) is 40.5 Å². The molecule has 4 heteroatoms. The predicted octanol–water partition coefficient (Wildman–Crippen LogP) is 2.62. The lowest BCUT2D eigenvalue weighted by Crippen LogP contribution is -2.45. The first-order valence-corrected chi connectivity index (χ1v) is 8.82. The molecular formula is C20H24O4. The average molecular weight is 328 g/mol. The molecule has 1 saturated carbocycles. The summed E-state index contributed by atoms with van der Waals surface area (Å²) in [6, 6.07) is 0. The predicted molar refractivity (Wildman–Crippen MR) is 87.3 cm³/mol. The average Bonchev–Trinajstić information content (AvgIpc) is 2.98. The van der Waals surface area contributed by atoms with Crippen molar-refractivity contribution in [3.63, 3.8) is 0 Å². The van der Waals surface area contributed by atoms with Gasteiger partial charge in [-0.25, -0.2) is 0 Å². The van der Waals surface area contributed by atoms with E-state index in [9.17, 15) is 9.59 Å². The van der Waals surface area contributed by atoms with E-state index in [2.05, 4.69) is 39.8 Å². The highest BCUT2D eigenvalue weighted by molar-refractivity contribution is 5.98. The van der Waals surface area contributed by atoms with E-state index in [0.29, 0.717) is 0 Å². The Labute approximate surface area is 142 Å². The lowest BCUT2D eigenvalue weighted by Gasteiger charge is -2.37. The Morgan fingerprint density at radius 1 is 1.00 bits per heavy atom. The fourth-order valence-corrected chi connectivity index (χ4v) is 6.63. The summed E-state index contributed by atoms with van der Waals surface area (Å²) in [6.45, 7) is 11.6. The standard InChI is InChI=1S/C20H24O4/c1-10(21)12-9-13-18(11(2)22)7-8-19(16(3,4)23-19)15(18)14(12)20(13)17(5,6)24-20/h7-9,13-15H,1-6H3/t13-,14+,15-,18-,19-,20?/m1/s1. The van der Waals surface area contributed by atoms with Crippen LogP contribution in [0.4, 0.5) is 0 Å². The number of Topliss-reactive ketones (excluding diaryl/α,β-unsaturated/α-hetero) is 2. The SMILES string of the molecule is CC(=O)C1=C[C@H]2C3(OC3(C)C)[C@@H]1[C@@H]1[C@@]2(C(C)=O)C=C[C@@]12OC2(C)C. The maximum atomic E-state index is 12.9. The Morgan fingerprint density at radius 3 is 2.00 bits per heavy atom. The first-order chi connectivity index (χ1) is 11.0. The molecule has 0 aromatic heterocycles.